The summed E-state index contributed by atoms with van der Waals surface area (Å²) < 4.78 is 5.03. The average molecular weight is 743 g/mol. The number of fused-ring (bicyclic) bond motifs is 6. The number of aromatic nitrogens is 2. The number of rotatable bonds is 7. The number of hydrogen-bond donors (Lipinski definition) is 0. The zero-order chi connectivity index (χ0) is 37.8. The summed E-state index contributed by atoms with van der Waals surface area (Å²) in [6.07, 6.45) is 0. The van der Waals surface area contributed by atoms with Crippen LogP contribution in [0.3, 0.4) is 0 Å². The van der Waals surface area contributed by atoms with Crippen LogP contribution in [0.2, 0.25) is 0 Å². The molecule has 0 atom stereocenters. The van der Waals surface area contributed by atoms with E-state index in [2.05, 4.69) is 240 Å². The lowest BCUT2D eigenvalue weighted by Crippen LogP contribution is -2.75. The Labute approximate surface area is 333 Å². The molecular weight excluding hydrogens is 705 g/mol. The van der Waals surface area contributed by atoms with Crippen molar-refractivity contribution >= 4 is 72.4 Å². The van der Waals surface area contributed by atoms with Crippen LogP contribution < -0.4 is 20.7 Å². The van der Waals surface area contributed by atoms with E-state index in [-0.39, 0.29) is 0 Å². The van der Waals surface area contributed by atoms with Crippen LogP contribution in [0.4, 0.5) is 0 Å². The SMILES string of the molecule is c1ccc(-c2cccc3c4ccc(-n5c6ccccc6c6cccc([Si](c7ccccc7)(c7ccccc7)c7ccccc7)c65)cc4n(-c4ccccc4)c23)cc1. The van der Waals surface area contributed by atoms with Crippen molar-refractivity contribution in [2.24, 2.45) is 0 Å². The maximum Gasteiger partial charge on any atom is 0.181 e. The molecule has 0 bridgehead atoms. The van der Waals surface area contributed by atoms with Crippen LogP contribution in [0.25, 0.3) is 66.1 Å². The summed E-state index contributed by atoms with van der Waals surface area (Å²) >= 11 is 0. The van der Waals surface area contributed by atoms with E-state index in [0.29, 0.717) is 0 Å². The predicted molar refractivity (Wildman–Crippen MR) is 244 cm³/mol. The first-order chi connectivity index (χ1) is 28.3. The van der Waals surface area contributed by atoms with Crippen LogP contribution in [-0.2, 0) is 0 Å². The van der Waals surface area contributed by atoms with Gasteiger partial charge in [-0.3, -0.25) is 0 Å². The first-order valence-electron chi connectivity index (χ1n) is 19.7. The molecule has 0 spiro atoms. The minimum atomic E-state index is -2.91. The second-order valence-electron chi connectivity index (χ2n) is 14.8. The molecule has 268 valence electrons. The summed E-state index contributed by atoms with van der Waals surface area (Å²) in [6, 6.07) is 85.2. The summed E-state index contributed by atoms with van der Waals surface area (Å²) in [4.78, 5) is 0. The smallest absolute Gasteiger partial charge is 0.181 e. The number of para-hydroxylation sites is 4. The van der Waals surface area contributed by atoms with Gasteiger partial charge in [-0.15, -0.1) is 0 Å². The van der Waals surface area contributed by atoms with Gasteiger partial charge in [-0.2, -0.15) is 0 Å². The fraction of sp³-hybridized carbons (Fsp3) is 0. The van der Waals surface area contributed by atoms with Gasteiger partial charge in [0.2, 0.25) is 0 Å². The molecule has 0 radical (unpaired) electrons. The summed E-state index contributed by atoms with van der Waals surface area (Å²) in [5.74, 6) is 0. The van der Waals surface area contributed by atoms with E-state index in [4.69, 9.17) is 0 Å². The largest absolute Gasteiger partial charge is 0.309 e. The van der Waals surface area contributed by atoms with Crippen molar-refractivity contribution in [3.8, 4) is 22.5 Å². The van der Waals surface area contributed by atoms with Gasteiger partial charge in [0.15, 0.2) is 8.07 Å². The van der Waals surface area contributed by atoms with Crippen molar-refractivity contribution in [1.82, 2.24) is 9.13 Å². The van der Waals surface area contributed by atoms with E-state index < -0.39 is 8.07 Å². The van der Waals surface area contributed by atoms with Crippen LogP contribution in [0, 0.1) is 0 Å². The first-order valence-corrected chi connectivity index (χ1v) is 21.7. The summed E-state index contributed by atoms with van der Waals surface area (Å²) in [5.41, 5.74) is 9.56. The van der Waals surface area contributed by atoms with Crippen LogP contribution >= 0.6 is 0 Å². The fourth-order valence-corrected chi connectivity index (χ4v) is 14.5. The maximum atomic E-state index is 2.56. The third-order valence-electron chi connectivity index (χ3n) is 11.8. The second-order valence-corrected chi connectivity index (χ2v) is 18.6. The topological polar surface area (TPSA) is 9.86 Å². The molecule has 3 heteroatoms. The average Bonchev–Trinajstić information content (AvgIpc) is 3.81. The van der Waals surface area contributed by atoms with E-state index in [1.165, 1.54) is 75.5 Å². The lowest BCUT2D eigenvalue weighted by Gasteiger charge is -2.35. The zero-order valence-electron chi connectivity index (χ0n) is 31.3. The molecule has 9 aromatic carbocycles. The van der Waals surface area contributed by atoms with Gasteiger partial charge in [0.1, 0.15) is 0 Å². The Hall–Kier alpha value is -7.20. The molecule has 11 rings (SSSR count). The van der Waals surface area contributed by atoms with Crippen molar-refractivity contribution in [2.75, 3.05) is 0 Å². The Morgan fingerprint density at radius 2 is 0.772 bits per heavy atom. The highest BCUT2D eigenvalue weighted by Gasteiger charge is 2.43. The number of nitrogens with zero attached hydrogens (tertiary/aromatic N) is 2. The Kier molecular flexibility index (Phi) is 7.87. The molecule has 0 unspecified atom stereocenters. The van der Waals surface area contributed by atoms with Crippen molar-refractivity contribution in [2.45, 2.75) is 0 Å². The van der Waals surface area contributed by atoms with Crippen LogP contribution in [0.1, 0.15) is 0 Å². The third kappa shape index (κ3) is 5.10. The lowest BCUT2D eigenvalue weighted by molar-refractivity contribution is 1.16. The highest BCUT2D eigenvalue weighted by molar-refractivity contribution is 7.20. The number of benzene rings is 9. The molecule has 0 fully saturated rings. The van der Waals surface area contributed by atoms with Gasteiger partial charge in [-0.1, -0.05) is 200 Å². The molecule has 2 heterocycles. The Bertz CT molecular complexity index is 3110. The van der Waals surface area contributed by atoms with Gasteiger partial charge in [0.05, 0.1) is 22.1 Å². The summed E-state index contributed by atoms with van der Waals surface area (Å²) in [6.45, 7) is 0. The number of hydrogen-bond acceptors (Lipinski definition) is 0. The van der Waals surface area contributed by atoms with E-state index in [1.807, 2.05) is 0 Å². The quantitative estimate of drug-likeness (QED) is 0.114. The molecule has 0 aliphatic carbocycles. The van der Waals surface area contributed by atoms with E-state index >= 15 is 0 Å². The van der Waals surface area contributed by atoms with Gasteiger partial charge in [-0.25, -0.2) is 0 Å². The van der Waals surface area contributed by atoms with Crippen molar-refractivity contribution in [3.63, 3.8) is 0 Å². The third-order valence-corrected chi connectivity index (χ3v) is 16.7. The minimum absolute atomic E-state index is 1.14. The molecule has 0 amide bonds. The van der Waals surface area contributed by atoms with Crippen LogP contribution in [0.5, 0.6) is 0 Å². The molecule has 0 saturated carbocycles. The molecule has 0 saturated heterocycles. The lowest BCUT2D eigenvalue weighted by atomic mass is 10.0. The maximum absolute atomic E-state index is 2.91. The molecule has 2 aromatic heterocycles. The highest BCUT2D eigenvalue weighted by atomic mass is 28.3. The van der Waals surface area contributed by atoms with Crippen molar-refractivity contribution in [1.29, 1.82) is 0 Å². The molecule has 0 aliphatic rings. The van der Waals surface area contributed by atoms with Gasteiger partial charge in [-0.05, 0) is 56.6 Å². The van der Waals surface area contributed by atoms with E-state index in [9.17, 15) is 0 Å². The molecule has 0 aliphatic heterocycles. The Balaban J connectivity index is 1.29. The summed E-state index contributed by atoms with van der Waals surface area (Å²) in [5, 5.41) is 10.4. The van der Waals surface area contributed by atoms with Crippen LogP contribution in [-0.4, -0.2) is 17.2 Å². The molecular formula is C54H38N2Si. The zero-order valence-corrected chi connectivity index (χ0v) is 32.3. The highest BCUT2D eigenvalue weighted by Crippen LogP contribution is 2.40. The monoisotopic (exact) mass is 742 g/mol. The van der Waals surface area contributed by atoms with Gasteiger partial charge >= 0.3 is 0 Å². The predicted octanol–water partition coefficient (Wildman–Crippen LogP) is 10.9. The first kappa shape index (κ1) is 33.2. The van der Waals surface area contributed by atoms with Gasteiger partial charge in [0.25, 0.3) is 0 Å². The molecule has 0 N–H and O–H groups in total. The minimum Gasteiger partial charge on any atom is -0.309 e. The van der Waals surface area contributed by atoms with Crippen molar-refractivity contribution < 1.29 is 0 Å². The Morgan fingerprint density at radius 3 is 1.40 bits per heavy atom. The van der Waals surface area contributed by atoms with E-state index in [0.717, 1.165) is 11.4 Å². The van der Waals surface area contributed by atoms with Gasteiger partial charge < -0.3 is 9.13 Å². The summed E-state index contributed by atoms with van der Waals surface area (Å²) in [7, 11) is -2.91. The van der Waals surface area contributed by atoms with Gasteiger partial charge in [0, 0.05) is 38.5 Å². The van der Waals surface area contributed by atoms with Crippen LogP contribution in [0.15, 0.2) is 231 Å². The Morgan fingerprint density at radius 1 is 0.298 bits per heavy atom. The molecule has 11 aromatic rings. The normalized spacial score (nSPS) is 11.9. The standard InChI is InChI=1S/C54H38N2Si/c1-6-20-39(21-7-1)45-31-18-32-48-47-37-36-41(38-51(47)55(53(45)48)40-22-8-2-9-23-40)56-50-34-17-16-30-46(50)49-33-19-35-52(54(49)56)57(42-24-10-3-11-25-42,43-26-12-4-13-27-43)44-28-14-5-15-29-44/h1-38H. The molecule has 57 heavy (non-hydrogen) atoms. The van der Waals surface area contributed by atoms with Crippen molar-refractivity contribution in [3.05, 3.63) is 231 Å². The van der Waals surface area contributed by atoms with E-state index in [1.54, 1.807) is 0 Å². The fourth-order valence-electron chi connectivity index (χ4n) is 9.51. The second kappa shape index (κ2) is 13.5. The molecule has 2 nitrogen and oxygen atoms in total.